The quantitative estimate of drug-likeness (QED) is 0.178. The van der Waals surface area contributed by atoms with E-state index < -0.39 is 0 Å². The van der Waals surface area contributed by atoms with Crippen LogP contribution in [0.2, 0.25) is 0 Å². The largest absolute Gasteiger partial charge is 0.0795 e. The molecule has 3 aromatic rings. The van der Waals surface area contributed by atoms with Gasteiger partial charge in [0, 0.05) is 14.3 Å². The standard InChI is InChI=1S/C25H20I4/c1-16-20(12-22(26)14-24(16)28)9-5-8-18-6-3-4-7-19(18)10-11-21-13-23(27)15-25(29)17(21)2/h3-7,9-15H,8H2,1-2H3. The monoisotopic (exact) mass is 828 g/mol. The van der Waals surface area contributed by atoms with E-state index in [1.165, 1.54) is 47.7 Å². The summed E-state index contributed by atoms with van der Waals surface area (Å²) in [5.74, 6) is 0. The smallest absolute Gasteiger partial charge is 0.0176 e. The number of benzene rings is 3. The number of allylic oxidation sites excluding steroid dienone is 1. The molecule has 0 N–H and O–H groups in total. The first-order valence-electron chi connectivity index (χ1n) is 9.19. The molecule has 0 aromatic heterocycles. The summed E-state index contributed by atoms with van der Waals surface area (Å²) in [6, 6.07) is 17.6. The van der Waals surface area contributed by atoms with Crippen molar-refractivity contribution >= 4 is 109 Å². The number of rotatable bonds is 5. The van der Waals surface area contributed by atoms with E-state index in [1.807, 2.05) is 0 Å². The van der Waals surface area contributed by atoms with E-state index in [9.17, 15) is 0 Å². The van der Waals surface area contributed by atoms with Crippen LogP contribution in [-0.4, -0.2) is 0 Å². The molecule has 0 bridgehead atoms. The molecule has 0 spiro atoms. The van der Waals surface area contributed by atoms with Crippen molar-refractivity contribution in [1.82, 2.24) is 0 Å². The lowest BCUT2D eigenvalue weighted by Crippen LogP contribution is -1.90. The van der Waals surface area contributed by atoms with E-state index in [1.54, 1.807) is 0 Å². The second-order valence-corrected chi connectivity index (χ2v) is 11.7. The molecule has 148 valence electrons. The van der Waals surface area contributed by atoms with Crippen LogP contribution in [0.4, 0.5) is 0 Å². The molecule has 0 fully saturated rings. The Labute approximate surface area is 228 Å². The highest BCUT2D eigenvalue weighted by Crippen LogP contribution is 2.24. The molecular weight excluding hydrogens is 808 g/mol. The van der Waals surface area contributed by atoms with Crippen molar-refractivity contribution in [1.29, 1.82) is 0 Å². The minimum atomic E-state index is 0.921. The molecule has 4 heteroatoms. The predicted octanol–water partition coefficient (Wildman–Crippen LogP) is 9.15. The van der Waals surface area contributed by atoms with Crippen molar-refractivity contribution in [3.05, 3.63) is 102 Å². The number of hydrogen-bond acceptors (Lipinski definition) is 0. The lowest BCUT2D eigenvalue weighted by molar-refractivity contribution is 1.26. The van der Waals surface area contributed by atoms with Gasteiger partial charge in [-0.05, 0) is 168 Å². The summed E-state index contributed by atoms with van der Waals surface area (Å²) in [7, 11) is 0. The molecule has 29 heavy (non-hydrogen) atoms. The summed E-state index contributed by atoms with van der Waals surface area (Å²) < 4.78 is 5.19. The van der Waals surface area contributed by atoms with Gasteiger partial charge in [-0.15, -0.1) is 0 Å². The molecule has 0 radical (unpaired) electrons. The molecule has 0 atom stereocenters. The molecule has 0 aliphatic heterocycles. The van der Waals surface area contributed by atoms with Crippen molar-refractivity contribution in [3.63, 3.8) is 0 Å². The highest BCUT2D eigenvalue weighted by molar-refractivity contribution is 14.1. The van der Waals surface area contributed by atoms with Crippen LogP contribution in [0.15, 0.2) is 54.6 Å². The maximum absolute atomic E-state index is 2.42. The fourth-order valence-corrected chi connectivity index (χ4v) is 6.83. The first-order valence-corrected chi connectivity index (χ1v) is 13.5. The first-order chi connectivity index (χ1) is 13.8. The summed E-state index contributed by atoms with van der Waals surface area (Å²) in [5, 5.41) is 0. The van der Waals surface area contributed by atoms with Gasteiger partial charge < -0.3 is 0 Å². The van der Waals surface area contributed by atoms with E-state index in [-0.39, 0.29) is 0 Å². The minimum absolute atomic E-state index is 0.921. The van der Waals surface area contributed by atoms with Crippen molar-refractivity contribution < 1.29 is 0 Å². The summed E-state index contributed by atoms with van der Waals surface area (Å²) >= 11 is 9.62. The molecule has 0 unspecified atom stereocenters. The Kier molecular flexibility index (Phi) is 9.06. The number of halogens is 4. The maximum Gasteiger partial charge on any atom is 0.0176 e. The molecule has 0 heterocycles. The lowest BCUT2D eigenvalue weighted by Gasteiger charge is -2.07. The van der Waals surface area contributed by atoms with E-state index in [0.717, 1.165) is 6.42 Å². The third-order valence-corrected chi connectivity index (χ3v) is 8.32. The van der Waals surface area contributed by atoms with Gasteiger partial charge in [-0.25, -0.2) is 0 Å². The van der Waals surface area contributed by atoms with E-state index in [4.69, 9.17) is 0 Å². The van der Waals surface area contributed by atoms with Crippen LogP contribution in [0.3, 0.4) is 0 Å². The summed E-state index contributed by atoms with van der Waals surface area (Å²) in [6.07, 6.45) is 9.95. The highest BCUT2D eigenvalue weighted by atomic mass is 127. The van der Waals surface area contributed by atoms with Crippen molar-refractivity contribution in [2.24, 2.45) is 0 Å². The molecule has 0 saturated carbocycles. The second kappa shape index (κ2) is 11.1. The molecule has 0 nitrogen and oxygen atoms in total. The van der Waals surface area contributed by atoms with Gasteiger partial charge in [0.25, 0.3) is 0 Å². The Balaban J connectivity index is 1.83. The molecule has 3 aromatic carbocycles. The minimum Gasteiger partial charge on any atom is -0.0795 e. The molecule has 0 amide bonds. The van der Waals surface area contributed by atoms with Gasteiger partial charge >= 0.3 is 0 Å². The van der Waals surface area contributed by atoms with Gasteiger partial charge in [0.15, 0.2) is 0 Å². The number of hydrogen-bond donors (Lipinski definition) is 0. The van der Waals surface area contributed by atoms with Crippen LogP contribution in [0.25, 0.3) is 18.2 Å². The second-order valence-electron chi connectivity index (χ2n) is 6.84. The molecule has 0 aliphatic carbocycles. The van der Waals surface area contributed by atoms with E-state index in [2.05, 4.69) is 177 Å². The normalized spacial score (nSPS) is 11.7. The van der Waals surface area contributed by atoms with Crippen molar-refractivity contribution in [3.8, 4) is 0 Å². The average molecular weight is 828 g/mol. The summed E-state index contributed by atoms with van der Waals surface area (Å²) in [5.41, 5.74) is 7.90. The Morgan fingerprint density at radius 1 is 0.655 bits per heavy atom. The van der Waals surface area contributed by atoms with E-state index >= 15 is 0 Å². The van der Waals surface area contributed by atoms with Gasteiger partial charge in [-0.2, -0.15) is 0 Å². The molecular formula is C25H20I4. The van der Waals surface area contributed by atoms with Crippen LogP contribution in [0, 0.1) is 28.1 Å². The van der Waals surface area contributed by atoms with E-state index in [0.29, 0.717) is 0 Å². The van der Waals surface area contributed by atoms with Gasteiger partial charge in [-0.3, -0.25) is 0 Å². The fraction of sp³-hybridized carbons (Fsp3) is 0.120. The zero-order valence-corrected chi connectivity index (χ0v) is 24.8. The fourth-order valence-electron chi connectivity index (χ4n) is 3.05. The third kappa shape index (κ3) is 6.52. The van der Waals surface area contributed by atoms with Gasteiger partial charge in [0.1, 0.15) is 0 Å². The SMILES string of the molecule is Cc1c(I)cc(I)cc1C=CCc1ccccc1C=Cc1cc(I)cc(I)c1C. The van der Waals surface area contributed by atoms with Crippen LogP contribution >= 0.6 is 90.4 Å². The van der Waals surface area contributed by atoms with Crippen molar-refractivity contribution in [2.75, 3.05) is 0 Å². The van der Waals surface area contributed by atoms with Crippen molar-refractivity contribution in [2.45, 2.75) is 20.3 Å². The average Bonchev–Trinajstić information content (AvgIpc) is 2.68. The predicted molar refractivity (Wildman–Crippen MR) is 161 cm³/mol. The van der Waals surface area contributed by atoms with Gasteiger partial charge in [0.2, 0.25) is 0 Å². The highest BCUT2D eigenvalue weighted by Gasteiger charge is 2.04. The van der Waals surface area contributed by atoms with Crippen LogP contribution in [0.1, 0.15) is 33.4 Å². The summed E-state index contributed by atoms with van der Waals surface area (Å²) in [6.45, 7) is 4.39. The summed E-state index contributed by atoms with van der Waals surface area (Å²) in [4.78, 5) is 0. The van der Waals surface area contributed by atoms with Crippen LogP contribution in [0.5, 0.6) is 0 Å². The molecule has 0 aliphatic rings. The molecule has 3 rings (SSSR count). The van der Waals surface area contributed by atoms with Gasteiger partial charge in [-0.1, -0.05) is 48.6 Å². The topological polar surface area (TPSA) is 0 Å². The third-order valence-electron chi connectivity index (χ3n) is 4.83. The van der Waals surface area contributed by atoms with Crippen LogP contribution in [-0.2, 0) is 6.42 Å². The Morgan fingerprint density at radius 3 is 1.79 bits per heavy atom. The lowest BCUT2D eigenvalue weighted by atomic mass is 10.0. The Morgan fingerprint density at radius 2 is 1.17 bits per heavy atom. The van der Waals surface area contributed by atoms with Crippen LogP contribution < -0.4 is 0 Å². The Hall–Kier alpha value is 0.0600. The van der Waals surface area contributed by atoms with Gasteiger partial charge in [0.05, 0.1) is 0 Å². The zero-order chi connectivity index (χ0) is 21.0. The maximum atomic E-state index is 2.42. The Bertz CT molecular complexity index is 1090. The first kappa shape index (κ1) is 23.7. The molecule has 0 saturated heterocycles. The zero-order valence-electron chi connectivity index (χ0n) is 16.1.